The fourth-order valence-electron chi connectivity index (χ4n) is 5.69. The quantitative estimate of drug-likeness (QED) is 0.551. The van der Waals surface area contributed by atoms with Gasteiger partial charge in [0.05, 0.1) is 17.8 Å². The number of likely N-dealkylation sites (N-methyl/N-ethyl adjacent to an activating group) is 1. The lowest BCUT2D eigenvalue weighted by molar-refractivity contribution is -0.144. The summed E-state index contributed by atoms with van der Waals surface area (Å²) in [5.41, 5.74) is 1.51. The molecule has 4 rings (SSSR count). The van der Waals surface area contributed by atoms with E-state index in [2.05, 4.69) is 22.0 Å². The van der Waals surface area contributed by atoms with Crippen molar-refractivity contribution >= 4 is 27.6 Å². The third kappa shape index (κ3) is 4.82. The lowest BCUT2D eigenvalue weighted by Gasteiger charge is -2.36. The molecular weight excluding hydrogens is 468 g/mol. The van der Waals surface area contributed by atoms with Crippen molar-refractivity contribution in [1.29, 1.82) is 0 Å². The average Bonchev–Trinajstić information content (AvgIpc) is 3.08. The van der Waals surface area contributed by atoms with Crippen LogP contribution in [0.25, 0.3) is 0 Å². The molecule has 2 aliphatic heterocycles. The minimum atomic E-state index is -3.69. The highest BCUT2D eigenvalue weighted by atomic mass is 32.2. The van der Waals surface area contributed by atoms with E-state index in [4.69, 9.17) is 0 Å². The number of sulfone groups is 1. The van der Waals surface area contributed by atoms with Gasteiger partial charge in [0.2, 0.25) is 17.7 Å². The summed E-state index contributed by atoms with van der Waals surface area (Å²) in [6.45, 7) is 5.33. The number of fused-ring (bicyclic) bond motifs is 2. The Kier molecular flexibility index (Phi) is 6.98. The van der Waals surface area contributed by atoms with Gasteiger partial charge < -0.3 is 20.9 Å². The van der Waals surface area contributed by atoms with Crippen LogP contribution in [0.5, 0.6) is 0 Å². The molecule has 3 aliphatic rings. The zero-order chi connectivity index (χ0) is 25.5. The van der Waals surface area contributed by atoms with E-state index in [-0.39, 0.29) is 36.5 Å². The van der Waals surface area contributed by atoms with E-state index in [1.165, 1.54) is 10.5 Å². The third-order valence-electron chi connectivity index (χ3n) is 7.76. The van der Waals surface area contributed by atoms with Gasteiger partial charge in [0.1, 0.15) is 17.5 Å². The number of aryl methyl sites for hydroxylation is 1. The summed E-state index contributed by atoms with van der Waals surface area (Å²) >= 11 is 0. The Labute approximate surface area is 207 Å². The van der Waals surface area contributed by atoms with Crippen molar-refractivity contribution in [2.45, 2.75) is 82.4 Å². The number of amides is 3. The van der Waals surface area contributed by atoms with Crippen LogP contribution < -0.4 is 16.0 Å². The van der Waals surface area contributed by atoms with Crippen LogP contribution in [0.3, 0.4) is 0 Å². The molecule has 1 aliphatic carbocycles. The van der Waals surface area contributed by atoms with E-state index in [0.717, 1.165) is 24.8 Å². The second-order valence-electron chi connectivity index (χ2n) is 10.7. The molecule has 3 unspecified atom stereocenters. The van der Waals surface area contributed by atoms with E-state index in [1.807, 2.05) is 32.0 Å². The standard InChI is InChI=1S/C25H36N4O5S/c1-15(26-4)22(30)28-19-12-13-35(33,34)20-14-25(2,3)21(29(20)24(19)32)23(31)27-18-11-7-9-16-8-5-6-10-17(16)18/h5-6,8,10,15,18-21,26H,7,9,11-14H2,1-4H3,(H,27,31)(H,28,30)/t15-,18?,19-,20?,21?/m0/s1. The van der Waals surface area contributed by atoms with Crippen LogP contribution in [0.15, 0.2) is 24.3 Å². The molecule has 2 fully saturated rings. The van der Waals surface area contributed by atoms with Crippen molar-refractivity contribution in [2.24, 2.45) is 5.41 Å². The van der Waals surface area contributed by atoms with Gasteiger partial charge in [0.25, 0.3) is 0 Å². The van der Waals surface area contributed by atoms with Gasteiger partial charge >= 0.3 is 0 Å². The number of nitrogens with zero attached hydrogens (tertiary/aromatic N) is 1. The van der Waals surface area contributed by atoms with Crippen LogP contribution in [0.1, 0.15) is 63.6 Å². The van der Waals surface area contributed by atoms with Crippen molar-refractivity contribution in [3.8, 4) is 0 Å². The molecule has 2 heterocycles. The minimum absolute atomic E-state index is 0.0128. The highest BCUT2D eigenvalue weighted by Gasteiger charge is 2.58. The fraction of sp³-hybridized carbons (Fsp3) is 0.640. The van der Waals surface area contributed by atoms with Crippen LogP contribution in [0.2, 0.25) is 0 Å². The van der Waals surface area contributed by atoms with E-state index >= 15 is 0 Å². The maximum Gasteiger partial charge on any atom is 0.246 e. The van der Waals surface area contributed by atoms with Crippen molar-refractivity contribution in [3.05, 3.63) is 35.4 Å². The second-order valence-corrected chi connectivity index (χ2v) is 13.0. The zero-order valence-corrected chi connectivity index (χ0v) is 21.7. The number of benzene rings is 1. The Morgan fingerprint density at radius 1 is 1.11 bits per heavy atom. The highest BCUT2D eigenvalue weighted by molar-refractivity contribution is 7.92. The first-order chi connectivity index (χ1) is 16.5. The van der Waals surface area contributed by atoms with E-state index < -0.39 is 44.7 Å². The molecule has 5 atom stereocenters. The van der Waals surface area contributed by atoms with Gasteiger partial charge in [-0.3, -0.25) is 14.4 Å². The smallest absolute Gasteiger partial charge is 0.246 e. The molecule has 2 saturated heterocycles. The van der Waals surface area contributed by atoms with Crippen LogP contribution >= 0.6 is 0 Å². The van der Waals surface area contributed by atoms with Crippen LogP contribution in [-0.2, 0) is 30.6 Å². The molecular formula is C25H36N4O5S. The molecule has 0 spiro atoms. The number of carbonyl (C=O) groups is 3. The molecule has 3 amide bonds. The summed E-state index contributed by atoms with van der Waals surface area (Å²) in [5, 5.41) is 7.58. The van der Waals surface area contributed by atoms with Crippen LogP contribution in [0, 0.1) is 5.41 Å². The van der Waals surface area contributed by atoms with Crippen LogP contribution in [-0.4, -0.2) is 67.3 Å². The lowest BCUT2D eigenvalue weighted by Crippen LogP contribution is -2.58. The number of rotatable bonds is 5. The van der Waals surface area contributed by atoms with Gasteiger partial charge in [-0.15, -0.1) is 0 Å². The molecule has 10 heteroatoms. The average molecular weight is 505 g/mol. The normalized spacial score (nSPS) is 29.9. The molecule has 0 aromatic heterocycles. The first-order valence-corrected chi connectivity index (χ1v) is 14.1. The first-order valence-electron chi connectivity index (χ1n) is 12.4. The number of hydrogen-bond donors (Lipinski definition) is 3. The third-order valence-corrected chi connectivity index (χ3v) is 9.79. The summed E-state index contributed by atoms with van der Waals surface area (Å²) in [4.78, 5) is 41.2. The molecule has 192 valence electrons. The highest BCUT2D eigenvalue weighted by Crippen LogP contribution is 2.44. The Hall–Kier alpha value is -2.46. The van der Waals surface area contributed by atoms with E-state index in [1.54, 1.807) is 14.0 Å². The first kappa shape index (κ1) is 25.6. The Bertz CT molecular complexity index is 1120. The summed E-state index contributed by atoms with van der Waals surface area (Å²) < 4.78 is 26.4. The van der Waals surface area contributed by atoms with Crippen molar-refractivity contribution in [2.75, 3.05) is 12.8 Å². The summed E-state index contributed by atoms with van der Waals surface area (Å²) in [5.74, 6) is -1.47. The lowest BCUT2D eigenvalue weighted by atomic mass is 9.83. The minimum Gasteiger partial charge on any atom is -0.347 e. The van der Waals surface area contributed by atoms with Crippen molar-refractivity contribution < 1.29 is 22.8 Å². The predicted octanol–water partition coefficient (Wildman–Crippen LogP) is 1.04. The fourth-order valence-corrected chi connectivity index (χ4v) is 7.78. The molecule has 1 aromatic rings. The number of hydrogen-bond acceptors (Lipinski definition) is 6. The molecule has 0 radical (unpaired) electrons. The SMILES string of the molecule is CN[C@@H](C)C(=O)N[C@H]1CCS(=O)(=O)C2CC(C)(C)C(C(=O)NC3CCCc4ccccc43)N2C1=O. The Morgan fingerprint density at radius 3 is 2.54 bits per heavy atom. The largest absolute Gasteiger partial charge is 0.347 e. The summed E-state index contributed by atoms with van der Waals surface area (Å²) in [7, 11) is -2.05. The summed E-state index contributed by atoms with van der Waals surface area (Å²) in [6, 6.07) is 5.32. The number of carbonyl (C=O) groups excluding carboxylic acids is 3. The van der Waals surface area contributed by atoms with Crippen LogP contribution in [0.4, 0.5) is 0 Å². The van der Waals surface area contributed by atoms with E-state index in [9.17, 15) is 22.8 Å². The summed E-state index contributed by atoms with van der Waals surface area (Å²) in [6.07, 6.45) is 2.84. The van der Waals surface area contributed by atoms with Gasteiger partial charge in [0.15, 0.2) is 9.84 Å². The van der Waals surface area contributed by atoms with Gasteiger partial charge in [-0.2, -0.15) is 0 Å². The van der Waals surface area contributed by atoms with Crippen molar-refractivity contribution in [1.82, 2.24) is 20.9 Å². The zero-order valence-electron chi connectivity index (χ0n) is 20.8. The Morgan fingerprint density at radius 2 is 1.83 bits per heavy atom. The molecule has 0 saturated carbocycles. The molecule has 1 aromatic carbocycles. The molecule has 9 nitrogen and oxygen atoms in total. The van der Waals surface area contributed by atoms with Gasteiger partial charge in [-0.1, -0.05) is 38.1 Å². The second kappa shape index (κ2) is 9.54. The molecule has 3 N–H and O–H groups in total. The van der Waals surface area contributed by atoms with Gasteiger partial charge in [0, 0.05) is 0 Å². The number of nitrogens with one attached hydrogen (secondary N) is 3. The molecule has 0 bridgehead atoms. The van der Waals surface area contributed by atoms with Gasteiger partial charge in [-0.05, 0) is 62.6 Å². The predicted molar refractivity (Wildman–Crippen MR) is 132 cm³/mol. The maximum atomic E-state index is 13.7. The monoisotopic (exact) mass is 504 g/mol. The molecule has 35 heavy (non-hydrogen) atoms. The topological polar surface area (TPSA) is 125 Å². The van der Waals surface area contributed by atoms with Crippen molar-refractivity contribution in [3.63, 3.8) is 0 Å². The van der Waals surface area contributed by atoms with Gasteiger partial charge in [-0.25, -0.2) is 8.42 Å². The Balaban J connectivity index is 1.64. The van der Waals surface area contributed by atoms with E-state index in [0.29, 0.717) is 0 Å². The maximum absolute atomic E-state index is 13.7.